The lowest BCUT2D eigenvalue weighted by molar-refractivity contribution is 0.102. The molecule has 1 N–H and O–H groups in total. The molecule has 7 nitrogen and oxygen atoms in total. The minimum atomic E-state index is -0.197. The van der Waals surface area contributed by atoms with E-state index in [4.69, 9.17) is 0 Å². The van der Waals surface area contributed by atoms with Crippen LogP contribution in [-0.4, -0.2) is 43.6 Å². The van der Waals surface area contributed by atoms with Crippen LogP contribution in [0.25, 0.3) is 5.82 Å². The summed E-state index contributed by atoms with van der Waals surface area (Å²) in [5.74, 6) is 1.31. The van der Waals surface area contributed by atoms with Gasteiger partial charge in [-0.05, 0) is 57.8 Å². The van der Waals surface area contributed by atoms with Crippen molar-refractivity contribution in [2.45, 2.75) is 40.2 Å². The van der Waals surface area contributed by atoms with Gasteiger partial charge in [0.2, 0.25) is 0 Å². The summed E-state index contributed by atoms with van der Waals surface area (Å²) in [6, 6.07) is 5.61. The number of hydrogen-bond donors (Lipinski definition) is 1. The lowest BCUT2D eigenvalue weighted by atomic mass is 9.99. The normalized spacial score (nSPS) is 15.6. The minimum Gasteiger partial charge on any atom is -0.298 e. The number of aryl methyl sites for hydroxylation is 1. The summed E-state index contributed by atoms with van der Waals surface area (Å²) >= 11 is 1.56. The SMILES string of the molecule is Cc1nc(NC(=O)c2cnn(-c3ccccn3)c2C)sc1CN1CCC(C)CC1. The Labute approximate surface area is 174 Å². The van der Waals surface area contributed by atoms with Crippen molar-refractivity contribution >= 4 is 22.4 Å². The van der Waals surface area contributed by atoms with Gasteiger partial charge in [-0.1, -0.05) is 13.0 Å². The number of pyridine rings is 1. The lowest BCUT2D eigenvalue weighted by Gasteiger charge is -2.29. The molecule has 8 heteroatoms. The van der Waals surface area contributed by atoms with Gasteiger partial charge in [-0.25, -0.2) is 14.6 Å². The quantitative estimate of drug-likeness (QED) is 0.692. The first-order chi connectivity index (χ1) is 14.0. The molecule has 0 saturated carbocycles. The fraction of sp³-hybridized carbons (Fsp3) is 0.429. The van der Waals surface area contributed by atoms with E-state index < -0.39 is 0 Å². The first-order valence-corrected chi connectivity index (χ1v) is 10.8. The van der Waals surface area contributed by atoms with E-state index in [1.165, 1.54) is 17.7 Å². The molecule has 0 atom stereocenters. The number of carbonyl (C=O) groups excluding carboxylic acids is 1. The lowest BCUT2D eigenvalue weighted by Crippen LogP contribution is -2.32. The molecule has 1 aliphatic rings. The van der Waals surface area contributed by atoms with Crippen molar-refractivity contribution in [1.29, 1.82) is 0 Å². The summed E-state index contributed by atoms with van der Waals surface area (Å²) in [7, 11) is 0. The van der Waals surface area contributed by atoms with Crippen molar-refractivity contribution in [3.63, 3.8) is 0 Å². The molecule has 3 aromatic rings. The van der Waals surface area contributed by atoms with Gasteiger partial charge in [-0.3, -0.25) is 15.0 Å². The van der Waals surface area contributed by atoms with Crippen LogP contribution in [0.15, 0.2) is 30.6 Å². The van der Waals surface area contributed by atoms with Crippen LogP contribution in [0.4, 0.5) is 5.13 Å². The Morgan fingerprint density at radius 3 is 2.79 bits per heavy atom. The topological polar surface area (TPSA) is 75.9 Å². The van der Waals surface area contributed by atoms with Crippen LogP contribution in [0.3, 0.4) is 0 Å². The van der Waals surface area contributed by atoms with E-state index in [2.05, 4.69) is 32.2 Å². The van der Waals surface area contributed by atoms with Crippen molar-refractivity contribution in [2.75, 3.05) is 18.4 Å². The predicted molar refractivity (Wildman–Crippen MR) is 115 cm³/mol. The summed E-state index contributed by atoms with van der Waals surface area (Å²) < 4.78 is 1.67. The zero-order chi connectivity index (χ0) is 20.4. The molecule has 4 heterocycles. The fourth-order valence-electron chi connectivity index (χ4n) is 3.56. The van der Waals surface area contributed by atoms with Crippen molar-refractivity contribution < 1.29 is 4.79 Å². The molecular formula is C21H26N6OS. The zero-order valence-electron chi connectivity index (χ0n) is 17.1. The molecular weight excluding hydrogens is 384 g/mol. The second-order valence-corrected chi connectivity index (χ2v) is 8.77. The molecule has 1 amide bonds. The Morgan fingerprint density at radius 1 is 1.28 bits per heavy atom. The summed E-state index contributed by atoms with van der Waals surface area (Å²) in [4.78, 5) is 25.4. The van der Waals surface area contributed by atoms with Gasteiger partial charge < -0.3 is 0 Å². The molecule has 3 aromatic heterocycles. The van der Waals surface area contributed by atoms with E-state index in [0.29, 0.717) is 16.5 Å². The van der Waals surface area contributed by atoms with E-state index >= 15 is 0 Å². The Balaban J connectivity index is 1.45. The number of thiazole rings is 1. The first kappa shape index (κ1) is 19.7. The van der Waals surface area contributed by atoms with Gasteiger partial charge in [-0.15, -0.1) is 11.3 Å². The van der Waals surface area contributed by atoms with E-state index in [9.17, 15) is 4.79 Å². The van der Waals surface area contributed by atoms with Gasteiger partial charge >= 0.3 is 0 Å². The Hall–Kier alpha value is -2.58. The summed E-state index contributed by atoms with van der Waals surface area (Å²) in [6.07, 6.45) is 5.79. The monoisotopic (exact) mass is 410 g/mol. The largest absolute Gasteiger partial charge is 0.298 e. The number of amides is 1. The number of nitrogens with one attached hydrogen (secondary N) is 1. The van der Waals surface area contributed by atoms with Crippen molar-refractivity contribution in [3.05, 3.63) is 52.4 Å². The molecule has 152 valence electrons. The molecule has 0 radical (unpaired) electrons. The van der Waals surface area contributed by atoms with E-state index in [0.717, 1.165) is 36.9 Å². The predicted octanol–water partition coefficient (Wildman–Crippen LogP) is 3.82. The smallest absolute Gasteiger partial charge is 0.260 e. The van der Waals surface area contributed by atoms with Crippen LogP contribution in [0, 0.1) is 19.8 Å². The number of rotatable bonds is 5. The van der Waals surface area contributed by atoms with Crippen LogP contribution >= 0.6 is 11.3 Å². The van der Waals surface area contributed by atoms with Crippen LogP contribution in [0.1, 0.15) is 46.4 Å². The van der Waals surface area contributed by atoms with Gasteiger partial charge in [0.1, 0.15) is 0 Å². The maximum absolute atomic E-state index is 12.8. The number of nitrogens with zero attached hydrogens (tertiary/aromatic N) is 5. The molecule has 1 saturated heterocycles. The van der Waals surface area contributed by atoms with Crippen LogP contribution in [-0.2, 0) is 6.54 Å². The zero-order valence-corrected chi connectivity index (χ0v) is 17.9. The van der Waals surface area contributed by atoms with Gasteiger partial charge in [0.05, 0.1) is 23.1 Å². The summed E-state index contributed by atoms with van der Waals surface area (Å²) in [5, 5.41) is 7.91. The third-order valence-electron chi connectivity index (χ3n) is 5.48. The fourth-order valence-corrected chi connectivity index (χ4v) is 4.56. The average molecular weight is 411 g/mol. The highest BCUT2D eigenvalue weighted by Gasteiger charge is 2.20. The van der Waals surface area contributed by atoms with Crippen molar-refractivity contribution in [3.8, 4) is 5.82 Å². The van der Waals surface area contributed by atoms with Gasteiger partial charge in [0, 0.05) is 17.6 Å². The first-order valence-electron chi connectivity index (χ1n) is 9.97. The Kier molecular flexibility index (Phi) is 5.73. The number of aromatic nitrogens is 4. The van der Waals surface area contributed by atoms with Gasteiger partial charge in [0.15, 0.2) is 10.9 Å². The van der Waals surface area contributed by atoms with Crippen LogP contribution < -0.4 is 5.32 Å². The number of piperidine rings is 1. The van der Waals surface area contributed by atoms with E-state index in [-0.39, 0.29) is 5.91 Å². The second kappa shape index (κ2) is 8.42. The number of likely N-dealkylation sites (tertiary alicyclic amines) is 1. The number of anilines is 1. The minimum absolute atomic E-state index is 0.197. The third-order valence-corrected chi connectivity index (χ3v) is 6.53. The van der Waals surface area contributed by atoms with Gasteiger partial charge in [0.25, 0.3) is 5.91 Å². The summed E-state index contributed by atoms with van der Waals surface area (Å²) in [6.45, 7) is 9.37. The molecule has 29 heavy (non-hydrogen) atoms. The maximum Gasteiger partial charge on any atom is 0.260 e. The maximum atomic E-state index is 12.8. The van der Waals surface area contributed by atoms with Gasteiger partial charge in [-0.2, -0.15) is 5.10 Å². The summed E-state index contributed by atoms with van der Waals surface area (Å²) in [5.41, 5.74) is 2.26. The molecule has 0 spiro atoms. The standard InChI is InChI=1S/C21H26N6OS/c1-14-7-10-26(11-8-14)13-18-15(2)24-21(29-18)25-20(28)17-12-23-27(16(17)3)19-6-4-5-9-22-19/h4-6,9,12,14H,7-8,10-11,13H2,1-3H3,(H,24,25,28). The second-order valence-electron chi connectivity index (χ2n) is 7.68. The third kappa shape index (κ3) is 4.38. The Bertz CT molecular complexity index is 988. The van der Waals surface area contributed by atoms with Crippen molar-refractivity contribution in [2.24, 2.45) is 5.92 Å². The number of hydrogen-bond acceptors (Lipinski definition) is 6. The molecule has 1 fully saturated rings. The van der Waals surface area contributed by atoms with E-state index in [1.807, 2.05) is 32.0 Å². The van der Waals surface area contributed by atoms with Crippen LogP contribution in [0.2, 0.25) is 0 Å². The highest BCUT2D eigenvalue weighted by Crippen LogP contribution is 2.27. The highest BCUT2D eigenvalue weighted by molar-refractivity contribution is 7.15. The molecule has 0 bridgehead atoms. The number of carbonyl (C=O) groups is 1. The van der Waals surface area contributed by atoms with Crippen molar-refractivity contribution in [1.82, 2.24) is 24.6 Å². The molecule has 0 unspecified atom stereocenters. The molecule has 4 rings (SSSR count). The van der Waals surface area contributed by atoms with Crippen LogP contribution in [0.5, 0.6) is 0 Å². The molecule has 0 aromatic carbocycles. The molecule has 1 aliphatic heterocycles. The Morgan fingerprint density at radius 2 is 2.07 bits per heavy atom. The molecule has 0 aliphatic carbocycles. The van der Waals surface area contributed by atoms with E-state index in [1.54, 1.807) is 28.4 Å². The average Bonchev–Trinajstić information content (AvgIpc) is 3.26. The highest BCUT2D eigenvalue weighted by atomic mass is 32.1.